The van der Waals surface area contributed by atoms with E-state index < -0.39 is 0 Å². The van der Waals surface area contributed by atoms with Crippen LogP contribution in [0, 0.1) is 6.92 Å². The van der Waals surface area contributed by atoms with E-state index in [1.54, 1.807) is 11.8 Å². The normalized spacial score (nSPS) is 20.0. The van der Waals surface area contributed by atoms with Crippen LogP contribution < -0.4 is 5.32 Å². The number of aromatic nitrogens is 2. The van der Waals surface area contributed by atoms with Gasteiger partial charge in [-0.05, 0) is 39.7 Å². The molecule has 2 unspecified atom stereocenters. The van der Waals surface area contributed by atoms with Gasteiger partial charge < -0.3 is 10.1 Å². The number of likely N-dealkylation sites (tertiary alicyclic amines) is 1. The molecule has 2 rings (SSSR count). The van der Waals surface area contributed by atoms with Crippen LogP contribution in [0.3, 0.4) is 0 Å². The van der Waals surface area contributed by atoms with Crippen LogP contribution in [0.25, 0.3) is 0 Å². The molecule has 1 amide bonds. The second-order valence-corrected chi connectivity index (χ2v) is 6.48. The first-order chi connectivity index (χ1) is 11.0. The summed E-state index contributed by atoms with van der Waals surface area (Å²) in [7, 11) is 3.52. The molecule has 0 spiro atoms. The molecule has 7 heteroatoms. The van der Waals surface area contributed by atoms with E-state index in [0.29, 0.717) is 18.3 Å². The van der Waals surface area contributed by atoms with Gasteiger partial charge in [-0.25, -0.2) is 0 Å². The summed E-state index contributed by atoms with van der Waals surface area (Å²) in [6.07, 6.45) is 2.90. The van der Waals surface area contributed by atoms with Gasteiger partial charge in [0.1, 0.15) is 5.15 Å². The van der Waals surface area contributed by atoms with E-state index in [1.165, 1.54) is 0 Å². The summed E-state index contributed by atoms with van der Waals surface area (Å²) < 4.78 is 6.71. The number of carbonyl (C=O) groups excluding carboxylic acids is 1. The Bertz CT molecular complexity index is 546. The van der Waals surface area contributed by atoms with Gasteiger partial charge in [-0.15, -0.1) is 0 Å². The number of halogens is 1. The summed E-state index contributed by atoms with van der Waals surface area (Å²) in [6, 6.07) is -0.0170. The molecule has 1 aromatic heterocycles. The highest BCUT2D eigenvalue weighted by Crippen LogP contribution is 2.38. The number of carbonyl (C=O) groups is 1. The van der Waals surface area contributed by atoms with Crippen LogP contribution in [-0.4, -0.2) is 53.4 Å². The van der Waals surface area contributed by atoms with Crippen LogP contribution >= 0.6 is 11.6 Å². The van der Waals surface area contributed by atoms with Gasteiger partial charge in [0, 0.05) is 38.9 Å². The predicted octanol–water partition coefficient (Wildman–Crippen LogP) is 2.06. The van der Waals surface area contributed by atoms with Gasteiger partial charge in [-0.1, -0.05) is 11.6 Å². The number of amides is 1. The van der Waals surface area contributed by atoms with Crippen molar-refractivity contribution >= 4 is 17.5 Å². The molecule has 6 nitrogen and oxygen atoms in total. The summed E-state index contributed by atoms with van der Waals surface area (Å²) in [4.78, 5) is 14.6. The number of methoxy groups -OCH3 is 1. The minimum Gasteiger partial charge on any atom is -0.385 e. The predicted molar refractivity (Wildman–Crippen MR) is 90.6 cm³/mol. The maximum absolute atomic E-state index is 12.4. The van der Waals surface area contributed by atoms with Crippen molar-refractivity contribution in [2.75, 3.05) is 26.8 Å². The Morgan fingerprint density at radius 1 is 1.57 bits per heavy atom. The Kier molecular flexibility index (Phi) is 6.44. The first-order valence-corrected chi connectivity index (χ1v) is 8.56. The van der Waals surface area contributed by atoms with Crippen LogP contribution in [0.15, 0.2) is 0 Å². The van der Waals surface area contributed by atoms with E-state index in [2.05, 4.69) is 15.3 Å². The molecule has 23 heavy (non-hydrogen) atoms. The highest BCUT2D eigenvalue weighted by atomic mass is 35.5. The standard InChI is InChI=1S/C16H27ClN4O2/c1-11-14(15(17)20(3)19-11)13-7-5-9-21(13)12(2)16(22)18-8-6-10-23-4/h12-13H,5-10H2,1-4H3,(H,18,22). The topological polar surface area (TPSA) is 59.4 Å². The fourth-order valence-corrected chi connectivity index (χ4v) is 3.61. The third-order valence-electron chi connectivity index (χ3n) is 4.52. The second kappa shape index (κ2) is 8.13. The monoisotopic (exact) mass is 342 g/mol. The van der Waals surface area contributed by atoms with Gasteiger partial charge in [0.15, 0.2) is 0 Å². The van der Waals surface area contributed by atoms with Gasteiger partial charge in [0.2, 0.25) is 5.91 Å². The van der Waals surface area contributed by atoms with Gasteiger partial charge >= 0.3 is 0 Å². The molecule has 0 saturated carbocycles. The summed E-state index contributed by atoms with van der Waals surface area (Å²) in [5.74, 6) is 0.0608. The summed E-state index contributed by atoms with van der Waals surface area (Å²) in [6.45, 7) is 6.15. The largest absolute Gasteiger partial charge is 0.385 e. The van der Waals surface area contributed by atoms with Crippen LogP contribution in [0.2, 0.25) is 5.15 Å². The lowest BCUT2D eigenvalue weighted by Gasteiger charge is -2.30. The molecule has 0 aliphatic carbocycles. The van der Waals surface area contributed by atoms with E-state index in [1.807, 2.05) is 20.9 Å². The first kappa shape index (κ1) is 18.2. The van der Waals surface area contributed by atoms with E-state index in [4.69, 9.17) is 16.3 Å². The fourth-order valence-electron chi connectivity index (χ4n) is 3.31. The number of hydrogen-bond acceptors (Lipinski definition) is 4. The van der Waals surface area contributed by atoms with Crippen LogP contribution in [-0.2, 0) is 16.6 Å². The zero-order valence-corrected chi connectivity index (χ0v) is 15.2. The number of hydrogen-bond donors (Lipinski definition) is 1. The average molecular weight is 343 g/mol. The molecule has 130 valence electrons. The molecule has 2 heterocycles. The van der Waals surface area contributed by atoms with Crippen molar-refractivity contribution in [3.05, 3.63) is 16.4 Å². The van der Waals surface area contributed by atoms with Crippen LogP contribution in [0.4, 0.5) is 0 Å². The Morgan fingerprint density at radius 2 is 2.30 bits per heavy atom. The highest BCUT2D eigenvalue weighted by Gasteiger charge is 2.36. The minimum absolute atomic E-state index is 0.0608. The third-order valence-corrected chi connectivity index (χ3v) is 4.97. The molecule has 1 aromatic rings. The number of rotatable bonds is 7. The molecule has 0 radical (unpaired) electrons. The maximum Gasteiger partial charge on any atom is 0.237 e. The van der Waals surface area contributed by atoms with Crippen molar-refractivity contribution in [1.29, 1.82) is 0 Å². The van der Waals surface area contributed by atoms with Gasteiger partial charge in [0.25, 0.3) is 0 Å². The molecule has 1 aliphatic heterocycles. The maximum atomic E-state index is 12.4. The molecule has 1 fully saturated rings. The Labute approximate surface area is 143 Å². The summed E-state index contributed by atoms with van der Waals surface area (Å²) >= 11 is 6.42. The van der Waals surface area contributed by atoms with Crippen molar-refractivity contribution in [3.63, 3.8) is 0 Å². The Morgan fingerprint density at radius 3 is 2.91 bits per heavy atom. The van der Waals surface area contributed by atoms with Gasteiger partial charge in [0.05, 0.1) is 11.7 Å². The Hall–Kier alpha value is -1.11. The molecule has 2 atom stereocenters. The number of nitrogens with one attached hydrogen (secondary N) is 1. The van der Waals surface area contributed by atoms with Crippen LogP contribution in [0.1, 0.15) is 43.5 Å². The molecule has 1 N–H and O–H groups in total. The zero-order chi connectivity index (χ0) is 17.0. The molecular weight excluding hydrogens is 316 g/mol. The minimum atomic E-state index is -0.180. The molecule has 1 saturated heterocycles. The molecule has 0 bridgehead atoms. The van der Waals surface area contributed by atoms with Crippen molar-refractivity contribution in [2.24, 2.45) is 7.05 Å². The third kappa shape index (κ3) is 4.05. The lowest BCUT2D eigenvalue weighted by atomic mass is 10.0. The summed E-state index contributed by atoms with van der Waals surface area (Å²) in [5, 5.41) is 8.07. The van der Waals surface area contributed by atoms with Crippen LogP contribution in [0.5, 0.6) is 0 Å². The lowest BCUT2D eigenvalue weighted by molar-refractivity contribution is -0.126. The SMILES string of the molecule is COCCCNC(=O)C(C)N1CCCC1c1c(C)nn(C)c1Cl. The van der Waals surface area contributed by atoms with E-state index >= 15 is 0 Å². The number of ether oxygens (including phenoxy) is 1. The van der Waals surface area contributed by atoms with E-state index in [9.17, 15) is 4.79 Å². The average Bonchev–Trinajstić information content (AvgIpc) is 3.08. The van der Waals surface area contributed by atoms with Gasteiger partial charge in [-0.3, -0.25) is 14.4 Å². The number of aryl methyl sites for hydroxylation is 2. The molecule has 0 aromatic carbocycles. The lowest BCUT2D eigenvalue weighted by Crippen LogP contribution is -2.45. The van der Waals surface area contributed by atoms with Crippen molar-refractivity contribution in [3.8, 4) is 0 Å². The zero-order valence-electron chi connectivity index (χ0n) is 14.4. The van der Waals surface area contributed by atoms with Crippen molar-refractivity contribution < 1.29 is 9.53 Å². The number of nitrogens with zero attached hydrogens (tertiary/aromatic N) is 3. The van der Waals surface area contributed by atoms with Crippen molar-refractivity contribution in [2.45, 2.75) is 45.2 Å². The molecular formula is C16H27ClN4O2. The summed E-state index contributed by atoms with van der Waals surface area (Å²) in [5.41, 5.74) is 2.01. The fraction of sp³-hybridized carbons (Fsp3) is 0.750. The quantitative estimate of drug-likeness (QED) is 0.770. The van der Waals surface area contributed by atoms with E-state index in [-0.39, 0.29) is 18.0 Å². The second-order valence-electron chi connectivity index (χ2n) is 6.12. The smallest absolute Gasteiger partial charge is 0.237 e. The highest BCUT2D eigenvalue weighted by molar-refractivity contribution is 6.30. The van der Waals surface area contributed by atoms with Crippen molar-refractivity contribution in [1.82, 2.24) is 20.0 Å². The van der Waals surface area contributed by atoms with Gasteiger partial charge in [-0.2, -0.15) is 5.10 Å². The van der Waals surface area contributed by atoms with E-state index in [0.717, 1.165) is 37.1 Å². The molecule has 1 aliphatic rings. The first-order valence-electron chi connectivity index (χ1n) is 8.18. The Balaban J connectivity index is 2.04.